The summed E-state index contributed by atoms with van der Waals surface area (Å²) >= 11 is 0. The van der Waals surface area contributed by atoms with Gasteiger partial charge in [0.2, 0.25) is 29.2 Å². The molecule has 1 aliphatic rings. The highest BCUT2D eigenvalue weighted by atomic mass is 16.5. The number of piperidine rings is 1. The predicted molar refractivity (Wildman–Crippen MR) is 128 cm³/mol. The van der Waals surface area contributed by atoms with Gasteiger partial charge in [0.25, 0.3) is 0 Å². The first-order chi connectivity index (χ1) is 16.8. The Bertz CT molecular complexity index is 1490. The van der Waals surface area contributed by atoms with Gasteiger partial charge in [-0.15, -0.1) is 0 Å². The highest BCUT2D eigenvalue weighted by Gasteiger charge is 2.29. The van der Waals surface area contributed by atoms with Crippen molar-refractivity contribution in [3.8, 4) is 28.9 Å². The molecule has 3 aromatic carbocycles. The molecule has 0 N–H and O–H groups in total. The zero-order valence-electron chi connectivity index (χ0n) is 18.4. The van der Waals surface area contributed by atoms with E-state index in [4.69, 9.17) is 13.9 Å². The number of anilines is 1. The van der Waals surface area contributed by atoms with Crippen LogP contribution in [0.1, 0.15) is 30.3 Å². The van der Waals surface area contributed by atoms with E-state index in [1.54, 1.807) is 0 Å². The molecule has 5 aromatic rings. The lowest BCUT2D eigenvalue weighted by Crippen LogP contribution is -2.33. The van der Waals surface area contributed by atoms with E-state index in [9.17, 15) is 5.26 Å². The smallest absolute Gasteiger partial charge is 0.235 e. The molecule has 0 saturated carbocycles. The number of hydrogen-bond donors (Lipinski definition) is 0. The van der Waals surface area contributed by atoms with E-state index in [0.717, 1.165) is 47.8 Å². The summed E-state index contributed by atoms with van der Waals surface area (Å²) in [6.45, 7) is 1.43. The van der Waals surface area contributed by atoms with Gasteiger partial charge in [0, 0.05) is 30.1 Å². The first-order valence-electron chi connectivity index (χ1n) is 11.3. The van der Waals surface area contributed by atoms with Gasteiger partial charge in [-0.25, -0.2) is 0 Å². The third-order valence-corrected chi connectivity index (χ3v) is 6.34. The molecule has 3 heterocycles. The fourth-order valence-corrected chi connectivity index (χ4v) is 4.56. The number of aromatic nitrogens is 3. The summed E-state index contributed by atoms with van der Waals surface area (Å²) in [6, 6.07) is 26.1. The first kappa shape index (κ1) is 20.2. The molecule has 34 heavy (non-hydrogen) atoms. The minimum absolute atomic E-state index is 0.162. The Morgan fingerprint density at radius 2 is 1.65 bits per heavy atom. The molecule has 1 saturated heterocycles. The lowest BCUT2D eigenvalue weighted by atomic mass is 9.96. The van der Waals surface area contributed by atoms with Gasteiger partial charge in [-0.2, -0.15) is 15.2 Å². The molecule has 0 amide bonds. The predicted octanol–water partition coefficient (Wildman–Crippen LogP) is 5.80. The Morgan fingerprint density at radius 3 is 2.47 bits per heavy atom. The zero-order valence-corrected chi connectivity index (χ0v) is 18.4. The van der Waals surface area contributed by atoms with E-state index in [-0.39, 0.29) is 5.92 Å². The van der Waals surface area contributed by atoms with Crippen LogP contribution in [0.25, 0.3) is 33.6 Å². The van der Waals surface area contributed by atoms with E-state index in [1.165, 1.54) is 0 Å². The van der Waals surface area contributed by atoms with Gasteiger partial charge >= 0.3 is 0 Å². The van der Waals surface area contributed by atoms with Crippen LogP contribution in [0, 0.1) is 11.3 Å². The maximum Gasteiger partial charge on any atom is 0.235 e. The second kappa shape index (κ2) is 8.49. The van der Waals surface area contributed by atoms with Gasteiger partial charge in [0.05, 0.1) is 0 Å². The molecule has 0 spiro atoms. The fraction of sp³-hybridized carbons (Fsp3) is 0.185. The summed E-state index contributed by atoms with van der Waals surface area (Å²) in [6.07, 6.45) is 1.65. The monoisotopic (exact) mass is 447 g/mol. The summed E-state index contributed by atoms with van der Waals surface area (Å²) < 4.78 is 11.7. The minimum atomic E-state index is 0.162. The zero-order chi connectivity index (χ0) is 22.9. The Kier molecular flexibility index (Phi) is 5.04. The van der Waals surface area contributed by atoms with Crippen LogP contribution >= 0.6 is 0 Å². The summed E-state index contributed by atoms with van der Waals surface area (Å²) in [7, 11) is 0. The second-order valence-electron chi connectivity index (χ2n) is 8.39. The van der Waals surface area contributed by atoms with Crippen LogP contribution in [0.3, 0.4) is 0 Å². The maximum absolute atomic E-state index is 9.59. The van der Waals surface area contributed by atoms with E-state index >= 15 is 0 Å². The van der Waals surface area contributed by atoms with E-state index in [0.29, 0.717) is 29.2 Å². The standard InChI is InChI=1S/C27H21N5O2/c28-17-23-27(33-25(29-23)19-8-2-1-3-9-19)32-15-13-20(14-16-32)26-30-24(31-34-26)22-12-6-10-18-7-4-5-11-21(18)22/h1-12,20H,13-16H2. The van der Waals surface area contributed by atoms with Crippen molar-refractivity contribution in [2.24, 2.45) is 0 Å². The van der Waals surface area contributed by atoms with Gasteiger partial charge in [-0.05, 0) is 35.7 Å². The van der Waals surface area contributed by atoms with Gasteiger partial charge < -0.3 is 13.8 Å². The van der Waals surface area contributed by atoms with Gasteiger partial charge in [0.1, 0.15) is 6.07 Å². The number of rotatable bonds is 4. The SMILES string of the molecule is N#Cc1nc(-c2ccccc2)oc1N1CCC(c2nc(-c3cccc4ccccc34)no2)CC1. The Labute approximate surface area is 196 Å². The first-order valence-corrected chi connectivity index (χ1v) is 11.3. The number of oxazole rings is 1. The number of hydrogen-bond acceptors (Lipinski definition) is 7. The highest BCUT2D eigenvalue weighted by Crippen LogP contribution is 2.35. The molecule has 0 bridgehead atoms. The molecule has 0 atom stereocenters. The van der Waals surface area contributed by atoms with Crippen LogP contribution in [-0.2, 0) is 0 Å². The second-order valence-corrected chi connectivity index (χ2v) is 8.39. The largest absolute Gasteiger partial charge is 0.419 e. The van der Waals surface area contributed by atoms with Gasteiger partial charge in [-0.1, -0.05) is 65.8 Å². The quantitative estimate of drug-likeness (QED) is 0.344. The van der Waals surface area contributed by atoms with Crippen LogP contribution in [-0.4, -0.2) is 28.2 Å². The van der Waals surface area contributed by atoms with E-state index < -0.39 is 0 Å². The molecule has 1 fully saturated rings. The molecule has 6 rings (SSSR count). The van der Waals surface area contributed by atoms with Crippen molar-refractivity contribution in [2.45, 2.75) is 18.8 Å². The topological polar surface area (TPSA) is 92.0 Å². The molecular weight excluding hydrogens is 426 g/mol. The molecule has 166 valence electrons. The van der Waals surface area contributed by atoms with Crippen LogP contribution < -0.4 is 4.90 Å². The molecule has 2 aromatic heterocycles. The van der Waals surface area contributed by atoms with E-state index in [2.05, 4.69) is 39.3 Å². The Hall–Kier alpha value is -4.44. The molecule has 7 nitrogen and oxygen atoms in total. The normalized spacial score (nSPS) is 14.4. The van der Waals surface area contributed by atoms with Crippen molar-refractivity contribution in [1.82, 2.24) is 15.1 Å². The molecule has 1 aliphatic heterocycles. The third-order valence-electron chi connectivity index (χ3n) is 6.34. The van der Waals surface area contributed by atoms with Crippen LogP contribution in [0.4, 0.5) is 5.88 Å². The van der Waals surface area contributed by atoms with E-state index in [1.807, 2.05) is 54.6 Å². The summed E-state index contributed by atoms with van der Waals surface area (Å²) in [5.74, 6) is 2.43. The molecule has 0 radical (unpaired) electrons. The number of nitriles is 1. The van der Waals surface area contributed by atoms with Crippen LogP contribution in [0.2, 0.25) is 0 Å². The summed E-state index contributed by atoms with van der Waals surface area (Å²) in [5.41, 5.74) is 2.14. The third kappa shape index (κ3) is 3.59. The highest BCUT2D eigenvalue weighted by molar-refractivity contribution is 5.94. The molecule has 0 aliphatic carbocycles. The average Bonchev–Trinajstić information content (AvgIpc) is 3.57. The Balaban J connectivity index is 1.20. The molecule has 0 unspecified atom stereocenters. The lowest BCUT2D eigenvalue weighted by molar-refractivity contribution is 0.327. The van der Waals surface area contributed by atoms with Gasteiger partial charge in [-0.3, -0.25) is 0 Å². The fourth-order valence-electron chi connectivity index (χ4n) is 4.56. The Morgan fingerprint density at radius 1 is 0.882 bits per heavy atom. The minimum Gasteiger partial charge on any atom is -0.419 e. The van der Waals surface area contributed by atoms with Crippen molar-refractivity contribution in [3.63, 3.8) is 0 Å². The molecular formula is C27H21N5O2. The van der Waals surface area contributed by atoms with Crippen molar-refractivity contribution in [3.05, 3.63) is 84.4 Å². The van der Waals surface area contributed by atoms with Gasteiger partial charge in [0.15, 0.2) is 0 Å². The summed E-state index contributed by atoms with van der Waals surface area (Å²) in [4.78, 5) is 11.2. The summed E-state index contributed by atoms with van der Waals surface area (Å²) in [5, 5.41) is 16.1. The van der Waals surface area contributed by atoms with Crippen LogP contribution in [0.5, 0.6) is 0 Å². The van der Waals surface area contributed by atoms with Crippen molar-refractivity contribution in [2.75, 3.05) is 18.0 Å². The van der Waals surface area contributed by atoms with Crippen LogP contribution in [0.15, 0.2) is 81.7 Å². The van der Waals surface area contributed by atoms with Crippen molar-refractivity contribution < 1.29 is 8.94 Å². The average molecular weight is 447 g/mol. The lowest BCUT2D eigenvalue weighted by Gasteiger charge is -2.29. The number of fused-ring (bicyclic) bond motifs is 1. The molecule has 7 heteroatoms. The van der Waals surface area contributed by atoms with Crippen molar-refractivity contribution >= 4 is 16.7 Å². The van der Waals surface area contributed by atoms with Crippen molar-refractivity contribution in [1.29, 1.82) is 5.26 Å². The maximum atomic E-state index is 9.59. The number of nitrogens with zero attached hydrogens (tertiary/aromatic N) is 5. The number of benzene rings is 3.